The Morgan fingerprint density at radius 3 is 1.92 bits per heavy atom. The van der Waals surface area contributed by atoms with Crippen molar-refractivity contribution < 1.29 is 0 Å². The van der Waals surface area contributed by atoms with Crippen LogP contribution in [0.25, 0.3) is 33.0 Å². The lowest BCUT2D eigenvalue weighted by molar-refractivity contribution is 1.48. The molecule has 1 nitrogen and oxygen atoms in total. The van der Waals surface area contributed by atoms with Crippen LogP contribution in [0.1, 0.15) is 5.56 Å². The van der Waals surface area contributed by atoms with Gasteiger partial charge in [0.1, 0.15) is 0 Å². The number of halogens is 1. The molecule has 0 unspecified atom stereocenters. The lowest BCUT2D eigenvalue weighted by Gasteiger charge is -2.11. The minimum Gasteiger partial charge on any atom is -0.192 e. The van der Waals surface area contributed by atoms with E-state index in [9.17, 15) is 0 Å². The van der Waals surface area contributed by atoms with Crippen molar-refractivity contribution in [3.63, 3.8) is 0 Å². The number of nitriles is 1. The second-order valence-corrected chi connectivity index (χ2v) is 6.76. The summed E-state index contributed by atoms with van der Waals surface area (Å²) in [6.45, 7) is 0. The highest BCUT2D eigenvalue weighted by molar-refractivity contribution is 9.10. The molecular weight excluding hydrogens is 370 g/mol. The lowest BCUT2D eigenvalue weighted by atomic mass is 9.96. The van der Waals surface area contributed by atoms with E-state index in [2.05, 4.69) is 82.7 Å². The van der Waals surface area contributed by atoms with Gasteiger partial charge in [-0.1, -0.05) is 82.7 Å². The predicted molar refractivity (Wildman–Crippen MR) is 107 cm³/mol. The normalized spacial score (nSPS) is 10.6. The van der Waals surface area contributed by atoms with Crippen molar-refractivity contribution in [2.45, 2.75) is 0 Å². The van der Waals surface area contributed by atoms with E-state index in [1.807, 2.05) is 24.3 Å². The van der Waals surface area contributed by atoms with Crippen LogP contribution in [-0.4, -0.2) is 0 Å². The number of hydrogen-bond donors (Lipinski definition) is 0. The summed E-state index contributed by atoms with van der Waals surface area (Å²) in [7, 11) is 0. The van der Waals surface area contributed by atoms with Gasteiger partial charge in [-0.15, -0.1) is 0 Å². The maximum atomic E-state index is 8.92. The van der Waals surface area contributed by atoms with Gasteiger partial charge in [0.05, 0.1) is 11.6 Å². The van der Waals surface area contributed by atoms with Crippen molar-refractivity contribution in [1.82, 2.24) is 0 Å². The summed E-state index contributed by atoms with van der Waals surface area (Å²) in [5, 5.41) is 11.4. The van der Waals surface area contributed by atoms with Gasteiger partial charge >= 0.3 is 0 Å². The van der Waals surface area contributed by atoms with Crippen LogP contribution >= 0.6 is 15.9 Å². The molecule has 0 heterocycles. The molecule has 0 spiro atoms. The van der Waals surface area contributed by atoms with Gasteiger partial charge in [0.2, 0.25) is 0 Å². The number of hydrogen-bond acceptors (Lipinski definition) is 1. The van der Waals surface area contributed by atoms with Gasteiger partial charge in [-0.05, 0) is 45.7 Å². The van der Waals surface area contributed by atoms with Crippen LogP contribution < -0.4 is 0 Å². The molecule has 118 valence electrons. The fourth-order valence-electron chi connectivity index (χ4n) is 3.10. The molecule has 0 saturated heterocycles. The van der Waals surface area contributed by atoms with Crippen LogP contribution in [0.15, 0.2) is 89.4 Å². The summed E-state index contributed by atoms with van der Waals surface area (Å²) in [4.78, 5) is 0. The molecule has 0 bridgehead atoms. The van der Waals surface area contributed by atoms with Crippen molar-refractivity contribution in [2.75, 3.05) is 0 Å². The average molecular weight is 384 g/mol. The zero-order valence-corrected chi connectivity index (χ0v) is 15.0. The molecule has 0 aliphatic heterocycles. The van der Waals surface area contributed by atoms with Crippen molar-refractivity contribution >= 4 is 26.7 Å². The van der Waals surface area contributed by atoms with Gasteiger partial charge in [-0.25, -0.2) is 0 Å². The zero-order chi connectivity index (χ0) is 17.2. The fourth-order valence-corrected chi connectivity index (χ4v) is 3.68. The van der Waals surface area contributed by atoms with Gasteiger partial charge in [0, 0.05) is 10.0 Å². The van der Waals surface area contributed by atoms with Gasteiger partial charge in [-0.3, -0.25) is 0 Å². The van der Waals surface area contributed by atoms with Crippen LogP contribution in [0.4, 0.5) is 0 Å². The first-order valence-corrected chi connectivity index (χ1v) is 8.84. The van der Waals surface area contributed by atoms with Crippen LogP contribution in [0, 0.1) is 11.3 Å². The van der Waals surface area contributed by atoms with Gasteiger partial charge < -0.3 is 0 Å². The fraction of sp³-hybridized carbons (Fsp3) is 0. The quantitative estimate of drug-likeness (QED) is 0.373. The molecule has 0 aliphatic rings. The van der Waals surface area contributed by atoms with Gasteiger partial charge in [0.15, 0.2) is 0 Å². The number of nitrogens with zero attached hydrogens (tertiary/aromatic N) is 1. The predicted octanol–water partition coefficient (Wildman–Crippen LogP) is 6.81. The Morgan fingerprint density at radius 2 is 1.24 bits per heavy atom. The molecule has 0 N–H and O–H groups in total. The molecule has 0 fully saturated rings. The Labute approximate surface area is 155 Å². The van der Waals surface area contributed by atoms with Crippen molar-refractivity contribution in [2.24, 2.45) is 0 Å². The number of rotatable bonds is 2. The Bertz CT molecular complexity index is 1090. The molecule has 4 aromatic carbocycles. The molecule has 0 radical (unpaired) electrons. The lowest BCUT2D eigenvalue weighted by Crippen LogP contribution is -1.85. The molecule has 4 rings (SSSR count). The maximum Gasteiger partial charge on any atom is 0.0991 e. The molecule has 0 atom stereocenters. The van der Waals surface area contributed by atoms with E-state index in [1.54, 1.807) is 0 Å². The van der Waals surface area contributed by atoms with Crippen LogP contribution in [0.3, 0.4) is 0 Å². The Kier molecular flexibility index (Phi) is 4.09. The highest BCUT2D eigenvalue weighted by Crippen LogP contribution is 2.36. The molecule has 0 aromatic heterocycles. The monoisotopic (exact) mass is 383 g/mol. The molecule has 0 aliphatic carbocycles. The molecule has 25 heavy (non-hydrogen) atoms. The van der Waals surface area contributed by atoms with Gasteiger partial charge in [-0.2, -0.15) is 5.26 Å². The first-order valence-electron chi connectivity index (χ1n) is 8.04. The average Bonchev–Trinajstić information content (AvgIpc) is 2.68. The van der Waals surface area contributed by atoms with E-state index >= 15 is 0 Å². The summed E-state index contributed by atoms with van der Waals surface area (Å²) in [5.41, 5.74) is 5.33. The number of benzene rings is 4. The van der Waals surface area contributed by atoms with E-state index in [0.717, 1.165) is 15.6 Å². The summed E-state index contributed by atoms with van der Waals surface area (Å²) in [5.74, 6) is 0. The third-order valence-electron chi connectivity index (χ3n) is 4.40. The SMILES string of the molecule is N#Cc1ccc(-c2ccc(-c3c(Br)ccc4ccccc34)cc2)cc1. The Hall–Kier alpha value is -2.89. The summed E-state index contributed by atoms with van der Waals surface area (Å²) in [6, 6.07) is 31.1. The third kappa shape index (κ3) is 2.95. The largest absolute Gasteiger partial charge is 0.192 e. The van der Waals surface area contributed by atoms with Crippen molar-refractivity contribution in [3.8, 4) is 28.3 Å². The Balaban J connectivity index is 1.78. The first-order chi connectivity index (χ1) is 12.3. The van der Waals surface area contributed by atoms with Crippen molar-refractivity contribution in [1.29, 1.82) is 5.26 Å². The molecule has 0 amide bonds. The standard InChI is InChI=1S/C23H14BrN/c24-22-14-13-19-3-1-2-4-21(19)23(22)20-11-9-18(10-12-20)17-7-5-16(15-25)6-8-17/h1-14H. The van der Waals surface area contributed by atoms with E-state index in [-0.39, 0.29) is 0 Å². The zero-order valence-electron chi connectivity index (χ0n) is 13.4. The van der Waals surface area contributed by atoms with Crippen LogP contribution in [-0.2, 0) is 0 Å². The minimum absolute atomic E-state index is 0.681. The van der Waals surface area contributed by atoms with E-state index in [1.165, 1.54) is 21.9 Å². The molecule has 0 saturated carbocycles. The van der Waals surface area contributed by atoms with Crippen molar-refractivity contribution in [3.05, 3.63) is 95.0 Å². The maximum absolute atomic E-state index is 8.92. The second-order valence-electron chi connectivity index (χ2n) is 5.91. The minimum atomic E-state index is 0.681. The Morgan fingerprint density at radius 1 is 0.640 bits per heavy atom. The second kappa shape index (κ2) is 6.55. The molecular formula is C23H14BrN. The van der Waals surface area contributed by atoms with E-state index in [0.29, 0.717) is 5.56 Å². The smallest absolute Gasteiger partial charge is 0.0991 e. The van der Waals surface area contributed by atoms with Crippen LogP contribution in [0.5, 0.6) is 0 Å². The summed E-state index contributed by atoms with van der Waals surface area (Å²) in [6.07, 6.45) is 0. The van der Waals surface area contributed by atoms with Gasteiger partial charge in [0.25, 0.3) is 0 Å². The van der Waals surface area contributed by atoms with E-state index < -0.39 is 0 Å². The third-order valence-corrected chi connectivity index (χ3v) is 5.06. The summed E-state index contributed by atoms with van der Waals surface area (Å²) >= 11 is 3.70. The molecule has 4 aromatic rings. The highest BCUT2D eigenvalue weighted by Gasteiger charge is 2.08. The highest BCUT2D eigenvalue weighted by atomic mass is 79.9. The molecule has 2 heteroatoms. The van der Waals surface area contributed by atoms with Crippen LogP contribution in [0.2, 0.25) is 0 Å². The van der Waals surface area contributed by atoms with E-state index in [4.69, 9.17) is 5.26 Å². The first kappa shape index (κ1) is 15.6. The number of fused-ring (bicyclic) bond motifs is 1. The topological polar surface area (TPSA) is 23.8 Å². The summed E-state index contributed by atoms with van der Waals surface area (Å²) < 4.78 is 1.09.